The lowest BCUT2D eigenvalue weighted by molar-refractivity contribution is -0.652. The molecule has 15 heavy (non-hydrogen) atoms. The van der Waals surface area contributed by atoms with Gasteiger partial charge in [-0.2, -0.15) is 0 Å². The Morgan fingerprint density at radius 1 is 1.27 bits per heavy atom. The minimum Gasteiger partial charge on any atom is -0.488 e. The highest BCUT2D eigenvalue weighted by molar-refractivity contribution is 5.38. The van der Waals surface area contributed by atoms with E-state index in [9.17, 15) is 0 Å². The number of hydrogen-bond donors (Lipinski definition) is 1. The summed E-state index contributed by atoms with van der Waals surface area (Å²) in [6.45, 7) is 5.16. The highest BCUT2D eigenvalue weighted by atomic mass is 16.5. The molecule has 2 N–H and O–H groups in total. The highest BCUT2D eigenvalue weighted by Crippen LogP contribution is 2.25. The van der Waals surface area contributed by atoms with Crippen LogP contribution in [0.3, 0.4) is 0 Å². The van der Waals surface area contributed by atoms with Crippen LogP contribution >= 0.6 is 0 Å². The van der Waals surface area contributed by atoms with E-state index in [1.807, 2.05) is 0 Å². The monoisotopic (exact) mass is 206 g/mol. The molecule has 1 aliphatic carbocycles. The van der Waals surface area contributed by atoms with Crippen LogP contribution in [0.5, 0.6) is 5.75 Å². The number of benzene rings is 1. The largest absolute Gasteiger partial charge is 0.488 e. The number of fused-ring (bicyclic) bond motifs is 1. The molecule has 0 saturated carbocycles. The number of aryl methyl sites for hydroxylation is 2. The lowest BCUT2D eigenvalue weighted by Crippen LogP contribution is -2.84. The molecule has 0 unspecified atom stereocenters. The van der Waals surface area contributed by atoms with Crippen molar-refractivity contribution in [3.8, 4) is 5.75 Å². The van der Waals surface area contributed by atoms with Crippen LogP contribution in [0.15, 0.2) is 18.2 Å². The number of rotatable bonds is 5. The number of ether oxygens (including phenoxy) is 1. The first-order valence-electron chi connectivity index (χ1n) is 5.96. The maximum Gasteiger partial charge on any atom is 0.137 e. The van der Waals surface area contributed by atoms with Crippen LogP contribution < -0.4 is 10.1 Å². The van der Waals surface area contributed by atoms with Crippen LogP contribution in [0.25, 0.3) is 0 Å². The molecule has 0 atom stereocenters. The highest BCUT2D eigenvalue weighted by Gasteiger charge is 2.10. The first kappa shape index (κ1) is 10.5. The van der Waals surface area contributed by atoms with Crippen LogP contribution in [0.2, 0.25) is 0 Å². The summed E-state index contributed by atoms with van der Waals surface area (Å²) in [5.41, 5.74) is 3.01. The Hall–Kier alpha value is -1.02. The van der Waals surface area contributed by atoms with Crippen LogP contribution in [-0.4, -0.2) is 19.7 Å². The fraction of sp³-hybridized carbons (Fsp3) is 0.538. The summed E-state index contributed by atoms with van der Waals surface area (Å²) in [6.07, 6.45) is 3.79. The van der Waals surface area contributed by atoms with Crippen LogP contribution in [0.4, 0.5) is 0 Å². The van der Waals surface area contributed by atoms with Gasteiger partial charge in [0.25, 0.3) is 0 Å². The summed E-state index contributed by atoms with van der Waals surface area (Å²) in [5, 5.41) is 2.26. The Morgan fingerprint density at radius 2 is 2.13 bits per heavy atom. The Kier molecular flexibility index (Phi) is 3.62. The van der Waals surface area contributed by atoms with E-state index in [0.717, 1.165) is 25.4 Å². The zero-order valence-corrected chi connectivity index (χ0v) is 9.46. The van der Waals surface area contributed by atoms with Gasteiger partial charge in [0.05, 0.1) is 6.54 Å². The van der Waals surface area contributed by atoms with E-state index in [1.165, 1.54) is 30.4 Å². The van der Waals surface area contributed by atoms with E-state index < -0.39 is 0 Å². The normalized spacial score (nSPS) is 13.9. The third kappa shape index (κ3) is 2.72. The Bertz CT molecular complexity index is 322. The molecule has 2 nitrogen and oxygen atoms in total. The second-order valence-electron chi connectivity index (χ2n) is 4.12. The summed E-state index contributed by atoms with van der Waals surface area (Å²) in [4.78, 5) is 0. The standard InChI is InChI=1S/C13H19NO/c1-2-14-8-9-15-13-7-6-11-4-3-5-12(11)10-13/h6-7,10,14H,2-5,8-9H2,1H3/p+1. The molecule has 0 aliphatic heterocycles. The van der Waals surface area contributed by atoms with E-state index >= 15 is 0 Å². The summed E-state index contributed by atoms with van der Waals surface area (Å²) < 4.78 is 5.70. The lowest BCUT2D eigenvalue weighted by Gasteiger charge is -2.07. The molecular weight excluding hydrogens is 186 g/mol. The zero-order valence-electron chi connectivity index (χ0n) is 9.46. The predicted octanol–water partition coefficient (Wildman–Crippen LogP) is 1.14. The van der Waals surface area contributed by atoms with Crippen LogP contribution in [0.1, 0.15) is 24.5 Å². The molecule has 0 radical (unpaired) electrons. The van der Waals surface area contributed by atoms with Gasteiger partial charge >= 0.3 is 0 Å². The molecule has 1 aromatic rings. The first-order chi connectivity index (χ1) is 7.40. The Labute approximate surface area is 91.6 Å². The quantitative estimate of drug-likeness (QED) is 0.718. The summed E-state index contributed by atoms with van der Waals surface area (Å²) in [6, 6.07) is 6.55. The van der Waals surface area contributed by atoms with E-state index in [4.69, 9.17) is 4.74 Å². The van der Waals surface area contributed by atoms with Crippen molar-refractivity contribution in [3.63, 3.8) is 0 Å². The number of quaternary nitrogens is 1. The third-order valence-corrected chi connectivity index (χ3v) is 2.95. The molecule has 0 aromatic heterocycles. The molecule has 2 rings (SSSR count). The van der Waals surface area contributed by atoms with Crippen molar-refractivity contribution in [2.75, 3.05) is 19.7 Å². The van der Waals surface area contributed by atoms with Crippen LogP contribution in [-0.2, 0) is 12.8 Å². The molecule has 1 aromatic carbocycles. The first-order valence-corrected chi connectivity index (χ1v) is 5.96. The number of nitrogens with two attached hydrogens (primary N) is 1. The van der Waals surface area contributed by atoms with E-state index in [1.54, 1.807) is 0 Å². The molecule has 2 heteroatoms. The van der Waals surface area contributed by atoms with Crippen molar-refractivity contribution in [2.45, 2.75) is 26.2 Å². The molecule has 0 saturated heterocycles. The van der Waals surface area contributed by atoms with Crippen molar-refractivity contribution in [2.24, 2.45) is 0 Å². The average Bonchev–Trinajstić information content (AvgIpc) is 2.71. The summed E-state index contributed by atoms with van der Waals surface area (Å²) >= 11 is 0. The van der Waals surface area contributed by atoms with Gasteiger partial charge in [-0.25, -0.2) is 0 Å². The molecule has 0 amide bonds. The van der Waals surface area contributed by atoms with Gasteiger partial charge in [-0.05, 0) is 49.4 Å². The van der Waals surface area contributed by atoms with Gasteiger partial charge in [0, 0.05) is 0 Å². The minimum atomic E-state index is 0.812. The fourth-order valence-corrected chi connectivity index (χ4v) is 2.10. The number of likely N-dealkylation sites (N-methyl/N-ethyl adjacent to an activating group) is 1. The van der Waals surface area contributed by atoms with Gasteiger partial charge in [0.1, 0.15) is 18.9 Å². The summed E-state index contributed by atoms with van der Waals surface area (Å²) in [7, 11) is 0. The van der Waals surface area contributed by atoms with Crippen molar-refractivity contribution in [3.05, 3.63) is 29.3 Å². The maximum atomic E-state index is 5.70. The van der Waals surface area contributed by atoms with E-state index in [2.05, 4.69) is 30.4 Å². The second kappa shape index (κ2) is 5.17. The molecule has 0 bridgehead atoms. The molecule has 82 valence electrons. The molecule has 0 spiro atoms. The second-order valence-corrected chi connectivity index (χ2v) is 4.12. The van der Waals surface area contributed by atoms with Crippen molar-refractivity contribution in [1.82, 2.24) is 0 Å². The maximum absolute atomic E-state index is 5.70. The van der Waals surface area contributed by atoms with Gasteiger partial charge in [0.2, 0.25) is 0 Å². The van der Waals surface area contributed by atoms with Gasteiger partial charge in [-0.15, -0.1) is 0 Å². The molecule has 0 heterocycles. The Balaban J connectivity index is 1.87. The van der Waals surface area contributed by atoms with Gasteiger partial charge < -0.3 is 10.1 Å². The summed E-state index contributed by atoms with van der Waals surface area (Å²) in [5.74, 6) is 1.04. The van der Waals surface area contributed by atoms with Crippen molar-refractivity contribution < 1.29 is 10.1 Å². The molecule has 1 aliphatic rings. The molecule has 0 fully saturated rings. The van der Waals surface area contributed by atoms with Crippen LogP contribution in [0, 0.1) is 0 Å². The van der Waals surface area contributed by atoms with Gasteiger partial charge in [0.15, 0.2) is 0 Å². The predicted molar refractivity (Wildman–Crippen MR) is 61.3 cm³/mol. The van der Waals surface area contributed by atoms with Gasteiger partial charge in [-0.1, -0.05) is 6.07 Å². The lowest BCUT2D eigenvalue weighted by atomic mass is 10.1. The fourth-order valence-electron chi connectivity index (χ4n) is 2.10. The SMILES string of the molecule is CC[NH2+]CCOc1ccc2c(c1)CCC2. The van der Waals surface area contributed by atoms with E-state index in [-0.39, 0.29) is 0 Å². The van der Waals surface area contributed by atoms with Gasteiger partial charge in [-0.3, -0.25) is 0 Å². The topological polar surface area (TPSA) is 25.8 Å². The number of hydrogen-bond acceptors (Lipinski definition) is 1. The van der Waals surface area contributed by atoms with Crippen molar-refractivity contribution in [1.29, 1.82) is 0 Å². The third-order valence-electron chi connectivity index (χ3n) is 2.95. The minimum absolute atomic E-state index is 0.812. The van der Waals surface area contributed by atoms with Crippen molar-refractivity contribution >= 4 is 0 Å². The molecular formula is C13H20NO+. The average molecular weight is 206 g/mol. The zero-order chi connectivity index (χ0) is 10.5. The van der Waals surface area contributed by atoms with E-state index in [0.29, 0.717) is 0 Å². The smallest absolute Gasteiger partial charge is 0.137 e. The Morgan fingerprint density at radius 3 is 3.00 bits per heavy atom.